The molecule has 2 aromatic rings. The average molecular weight is 379 g/mol. The van der Waals surface area contributed by atoms with Gasteiger partial charge in [-0.05, 0) is 74.2 Å². The summed E-state index contributed by atoms with van der Waals surface area (Å²) in [5, 5.41) is 8.41. The highest BCUT2D eigenvalue weighted by Crippen LogP contribution is 2.28. The maximum absolute atomic E-state index is 12.4. The number of carbonyl (C=O) groups excluding carboxylic acids is 3. The Hall–Kier alpha value is -3.15. The zero-order valence-corrected chi connectivity index (χ0v) is 16.2. The van der Waals surface area contributed by atoms with E-state index in [1.54, 1.807) is 30.3 Å². The van der Waals surface area contributed by atoms with E-state index in [1.807, 2.05) is 26.0 Å². The van der Waals surface area contributed by atoms with Gasteiger partial charge in [0.25, 0.3) is 11.8 Å². The van der Waals surface area contributed by atoms with Crippen molar-refractivity contribution in [1.29, 1.82) is 0 Å². The molecule has 0 aliphatic heterocycles. The minimum atomic E-state index is -0.215. The normalized spacial score (nSPS) is 12.9. The van der Waals surface area contributed by atoms with Gasteiger partial charge in [0.2, 0.25) is 5.91 Å². The molecule has 1 aliphatic rings. The van der Waals surface area contributed by atoms with Crippen LogP contribution in [-0.4, -0.2) is 30.8 Å². The lowest BCUT2D eigenvalue weighted by Gasteiger charge is -2.09. The first-order valence-corrected chi connectivity index (χ1v) is 9.48. The van der Waals surface area contributed by atoms with Crippen molar-refractivity contribution in [3.05, 3.63) is 64.7 Å². The molecule has 3 rings (SSSR count). The summed E-state index contributed by atoms with van der Waals surface area (Å²) in [6, 6.07) is 12.3. The first-order valence-electron chi connectivity index (χ1n) is 9.48. The number of anilines is 1. The van der Waals surface area contributed by atoms with Gasteiger partial charge < -0.3 is 16.0 Å². The summed E-state index contributed by atoms with van der Waals surface area (Å²) in [5.41, 5.74) is 3.92. The predicted octanol–water partition coefficient (Wildman–Crippen LogP) is 2.81. The minimum Gasteiger partial charge on any atom is -0.354 e. The standard InChI is InChI=1S/C22H25N3O3/c1-14-3-4-18(13-15(14)2)22(28)25-19-9-7-17(8-10-19)21(27)24-12-11-23-20(26)16-5-6-16/h3-4,7-10,13,16H,5-6,11-12H2,1-2H3,(H,23,26)(H,24,27)(H,25,28). The SMILES string of the molecule is Cc1ccc(C(=O)Nc2ccc(C(=O)NCCNC(=O)C3CC3)cc2)cc1C. The zero-order valence-electron chi connectivity index (χ0n) is 16.2. The third-order valence-electron chi connectivity index (χ3n) is 4.83. The van der Waals surface area contributed by atoms with Crippen molar-refractivity contribution in [2.75, 3.05) is 18.4 Å². The number of carbonyl (C=O) groups is 3. The summed E-state index contributed by atoms with van der Waals surface area (Å²) >= 11 is 0. The lowest BCUT2D eigenvalue weighted by molar-refractivity contribution is -0.122. The summed E-state index contributed by atoms with van der Waals surface area (Å²) in [6.45, 7) is 4.77. The quantitative estimate of drug-likeness (QED) is 0.647. The van der Waals surface area contributed by atoms with Gasteiger partial charge in [-0.1, -0.05) is 6.07 Å². The highest BCUT2D eigenvalue weighted by molar-refractivity contribution is 6.04. The molecule has 1 fully saturated rings. The van der Waals surface area contributed by atoms with Crippen molar-refractivity contribution in [3.8, 4) is 0 Å². The Kier molecular flexibility index (Phi) is 6.09. The van der Waals surface area contributed by atoms with Crippen LogP contribution < -0.4 is 16.0 Å². The van der Waals surface area contributed by atoms with Gasteiger partial charge >= 0.3 is 0 Å². The molecule has 1 saturated carbocycles. The molecule has 1 aliphatic carbocycles. The number of hydrogen-bond acceptors (Lipinski definition) is 3. The Balaban J connectivity index is 1.48. The molecule has 6 heteroatoms. The molecule has 0 radical (unpaired) electrons. The summed E-state index contributed by atoms with van der Waals surface area (Å²) < 4.78 is 0. The van der Waals surface area contributed by atoms with Crippen LogP contribution in [0.3, 0.4) is 0 Å². The molecule has 0 aromatic heterocycles. The topological polar surface area (TPSA) is 87.3 Å². The van der Waals surface area contributed by atoms with Crippen LogP contribution in [0.4, 0.5) is 5.69 Å². The van der Waals surface area contributed by atoms with E-state index in [0.717, 1.165) is 24.0 Å². The number of aryl methyl sites for hydroxylation is 2. The van der Waals surface area contributed by atoms with Crippen LogP contribution in [-0.2, 0) is 4.79 Å². The van der Waals surface area contributed by atoms with Gasteiger partial charge in [-0.3, -0.25) is 14.4 Å². The first-order chi connectivity index (χ1) is 13.4. The van der Waals surface area contributed by atoms with Crippen molar-refractivity contribution in [2.45, 2.75) is 26.7 Å². The first kappa shape index (κ1) is 19.6. The molecule has 28 heavy (non-hydrogen) atoms. The minimum absolute atomic E-state index is 0.0677. The van der Waals surface area contributed by atoms with Crippen LogP contribution in [0, 0.1) is 19.8 Å². The van der Waals surface area contributed by atoms with Gasteiger partial charge in [0.05, 0.1) is 0 Å². The van der Waals surface area contributed by atoms with Crippen LogP contribution >= 0.6 is 0 Å². The van der Waals surface area contributed by atoms with E-state index < -0.39 is 0 Å². The van der Waals surface area contributed by atoms with Crippen LogP contribution in [0.25, 0.3) is 0 Å². The summed E-state index contributed by atoms with van der Waals surface area (Å²) in [7, 11) is 0. The number of rotatable bonds is 7. The lowest BCUT2D eigenvalue weighted by atomic mass is 10.1. The second kappa shape index (κ2) is 8.69. The van der Waals surface area contributed by atoms with Crippen molar-refractivity contribution < 1.29 is 14.4 Å². The third-order valence-corrected chi connectivity index (χ3v) is 4.83. The monoisotopic (exact) mass is 379 g/mol. The highest BCUT2D eigenvalue weighted by Gasteiger charge is 2.28. The van der Waals surface area contributed by atoms with Crippen molar-refractivity contribution in [1.82, 2.24) is 10.6 Å². The molecule has 6 nitrogen and oxygen atoms in total. The van der Waals surface area contributed by atoms with E-state index in [2.05, 4.69) is 16.0 Å². The maximum Gasteiger partial charge on any atom is 0.255 e. The molecule has 0 heterocycles. The predicted molar refractivity (Wildman–Crippen MR) is 108 cm³/mol. The largest absolute Gasteiger partial charge is 0.354 e. The number of benzene rings is 2. The fraction of sp³-hybridized carbons (Fsp3) is 0.318. The molecule has 0 bridgehead atoms. The average Bonchev–Trinajstić information content (AvgIpc) is 3.53. The Bertz CT molecular complexity index is 886. The second-order valence-corrected chi connectivity index (χ2v) is 7.15. The van der Waals surface area contributed by atoms with Crippen LogP contribution in [0.2, 0.25) is 0 Å². The van der Waals surface area contributed by atoms with E-state index >= 15 is 0 Å². The van der Waals surface area contributed by atoms with Gasteiger partial charge in [-0.25, -0.2) is 0 Å². The second-order valence-electron chi connectivity index (χ2n) is 7.15. The molecule has 0 saturated heterocycles. The van der Waals surface area contributed by atoms with Crippen LogP contribution in [0.5, 0.6) is 0 Å². The summed E-state index contributed by atoms with van der Waals surface area (Å²) in [6.07, 6.45) is 1.93. The molecular weight excluding hydrogens is 354 g/mol. The Labute approximate surface area is 164 Å². The molecule has 3 N–H and O–H groups in total. The zero-order chi connectivity index (χ0) is 20.1. The van der Waals surface area contributed by atoms with E-state index in [4.69, 9.17) is 0 Å². The molecule has 0 spiro atoms. The van der Waals surface area contributed by atoms with E-state index in [-0.39, 0.29) is 23.6 Å². The number of amides is 3. The molecule has 0 atom stereocenters. The number of hydrogen-bond donors (Lipinski definition) is 3. The van der Waals surface area contributed by atoms with Crippen LogP contribution in [0.1, 0.15) is 44.7 Å². The number of nitrogens with one attached hydrogen (secondary N) is 3. The van der Waals surface area contributed by atoms with Gasteiger partial charge in [0.15, 0.2) is 0 Å². The Morgan fingerprint density at radius 2 is 1.46 bits per heavy atom. The highest BCUT2D eigenvalue weighted by atomic mass is 16.2. The Morgan fingerprint density at radius 1 is 0.821 bits per heavy atom. The van der Waals surface area contributed by atoms with Gasteiger partial charge in [-0.2, -0.15) is 0 Å². The van der Waals surface area contributed by atoms with E-state index in [0.29, 0.717) is 29.9 Å². The van der Waals surface area contributed by atoms with E-state index in [9.17, 15) is 14.4 Å². The molecule has 3 amide bonds. The van der Waals surface area contributed by atoms with Gasteiger partial charge in [0.1, 0.15) is 0 Å². The van der Waals surface area contributed by atoms with E-state index in [1.165, 1.54) is 0 Å². The Morgan fingerprint density at radius 3 is 2.11 bits per heavy atom. The van der Waals surface area contributed by atoms with Gasteiger partial charge in [0, 0.05) is 35.8 Å². The molecule has 2 aromatic carbocycles. The molecule has 146 valence electrons. The van der Waals surface area contributed by atoms with Crippen LogP contribution in [0.15, 0.2) is 42.5 Å². The molecule has 0 unspecified atom stereocenters. The maximum atomic E-state index is 12.4. The van der Waals surface area contributed by atoms with Gasteiger partial charge in [-0.15, -0.1) is 0 Å². The summed E-state index contributed by atoms with van der Waals surface area (Å²) in [4.78, 5) is 36.0. The lowest BCUT2D eigenvalue weighted by Crippen LogP contribution is -2.35. The van der Waals surface area contributed by atoms with Crippen molar-refractivity contribution >= 4 is 23.4 Å². The van der Waals surface area contributed by atoms with Crippen molar-refractivity contribution in [2.24, 2.45) is 5.92 Å². The molecular formula is C22H25N3O3. The van der Waals surface area contributed by atoms with Crippen molar-refractivity contribution in [3.63, 3.8) is 0 Å². The fourth-order valence-electron chi connectivity index (χ4n) is 2.74. The summed E-state index contributed by atoms with van der Waals surface area (Å²) in [5.74, 6) is -0.167. The fourth-order valence-corrected chi connectivity index (χ4v) is 2.74. The third kappa shape index (κ3) is 5.19. The smallest absolute Gasteiger partial charge is 0.255 e.